The van der Waals surface area contributed by atoms with Crippen LogP contribution in [0.15, 0.2) is 90.0 Å². The molecule has 3 aromatic rings. The number of carbonyl (C=O) groups excluding carboxylic acids is 1. The van der Waals surface area contributed by atoms with E-state index in [-0.39, 0.29) is 5.91 Å². The summed E-state index contributed by atoms with van der Waals surface area (Å²) < 4.78 is 8.55. The largest absolute Gasteiger partial charge is 0.487 e. The van der Waals surface area contributed by atoms with Crippen LogP contribution in [0.25, 0.3) is 6.08 Å². The average Bonchev–Trinajstić information content (AvgIpc) is 3.08. The van der Waals surface area contributed by atoms with Crippen LogP contribution < -0.4 is 10.1 Å². The van der Waals surface area contributed by atoms with Crippen LogP contribution in [0.3, 0.4) is 0 Å². The molecule has 0 unspecified atom stereocenters. The van der Waals surface area contributed by atoms with E-state index in [1.807, 2.05) is 72.8 Å². The molecule has 156 valence electrons. The first-order valence-corrected chi connectivity index (χ1v) is 12.4. The number of rotatable bonds is 5. The minimum Gasteiger partial charge on any atom is -0.487 e. The molecule has 0 atom stereocenters. The molecule has 4 rings (SSSR count). The van der Waals surface area contributed by atoms with E-state index in [1.165, 1.54) is 11.8 Å². The van der Waals surface area contributed by atoms with Crippen LogP contribution in [0.4, 0.5) is 5.69 Å². The summed E-state index contributed by atoms with van der Waals surface area (Å²) in [6.45, 7) is 0.465. The molecular formula is C23H15Br3N2O2S. The number of amidine groups is 1. The number of aliphatic imine (C=N–C) groups is 1. The lowest BCUT2D eigenvalue weighted by molar-refractivity contribution is -0.115. The Bertz CT molecular complexity index is 1160. The summed E-state index contributed by atoms with van der Waals surface area (Å²) in [6.07, 6.45) is 1.83. The standard InChI is InChI=1S/C23H15Br3N2O2S/c24-16-6-8-17(9-7-16)27-23-28-22(29)20(31-23)12-15-10-18(25)21(19(26)11-15)30-13-14-4-2-1-3-5-14/h1-12H,13H2,(H,27,28,29)/b20-12+. The summed E-state index contributed by atoms with van der Waals surface area (Å²) in [6, 6.07) is 21.4. The van der Waals surface area contributed by atoms with Gasteiger partial charge in [0.2, 0.25) is 0 Å². The third-order valence-corrected chi connectivity index (χ3v) is 6.87. The molecule has 1 saturated heterocycles. The van der Waals surface area contributed by atoms with Crippen molar-refractivity contribution in [2.75, 3.05) is 0 Å². The molecule has 1 aliphatic heterocycles. The molecule has 0 radical (unpaired) electrons. The zero-order valence-electron chi connectivity index (χ0n) is 15.9. The van der Waals surface area contributed by atoms with Gasteiger partial charge in [-0.3, -0.25) is 4.79 Å². The van der Waals surface area contributed by atoms with Crippen molar-refractivity contribution in [1.29, 1.82) is 0 Å². The summed E-state index contributed by atoms with van der Waals surface area (Å²) in [5, 5.41) is 3.37. The highest BCUT2D eigenvalue weighted by molar-refractivity contribution is 9.11. The van der Waals surface area contributed by atoms with E-state index in [9.17, 15) is 4.79 Å². The van der Waals surface area contributed by atoms with Gasteiger partial charge in [0.05, 0.1) is 19.5 Å². The summed E-state index contributed by atoms with van der Waals surface area (Å²) in [5.41, 5.74) is 2.73. The first kappa shape index (κ1) is 22.3. The Hall–Kier alpha value is -1.87. The molecule has 0 aromatic heterocycles. The maximum absolute atomic E-state index is 12.4. The monoisotopic (exact) mass is 620 g/mol. The molecule has 1 N–H and O–H groups in total. The van der Waals surface area contributed by atoms with Gasteiger partial charge < -0.3 is 10.1 Å². The molecule has 0 bridgehead atoms. The van der Waals surface area contributed by atoms with Crippen molar-refractivity contribution in [2.45, 2.75) is 6.61 Å². The van der Waals surface area contributed by atoms with Crippen molar-refractivity contribution in [3.63, 3.8) is 0 Å². The van der Waals surface area contributed by atoms with Gasteiger partial charge in [-0.2, -0.15) is 0 Å². The Labute approximate surface area is 209 Å². The number of thioether (sulfide) groups is 1. The summed E-state index contributed by atoms with van der Waals surface area (Å²) in [5.74, 6) is 0.546. The van der Waals surface area contributed by atoms with Crippen molar-refractivity contribution in [2.24, 2.45) is 4.99 Å². The highest BCUT2D eigenvalue weighted by Crippen LogP contribution is 2.37. The van der Waals surface area contributed by atoms with Gasteiger partial charge in [-0.15, -0.1) is 0 Å². The van der Waals surface area contributed by atoms with Gasteiger partial charge in [-0.05, 0) is 97.2 Å². The zero-order valence-corrected chi connectivity index (χ0v) is 21.5. The number of ether oxygens (including phenoxy) is 1. The fourth-order valence-corrected chi connectivity index (χ4v) is 5.35. The van der Waals surface area contributed by atoms with Gasteiger partial charge in [0.25, 0.3) is 5.91 Å². The lowest BCUT2D eigenvalue weighted by Crippen LogP contribution is -2.19. The quantitative estimate of drug-likeness (QED) is 0.301. The number of hydrogen-bond acceptors (Lipinski definition) is 4. The van der Waals surface area contributed by atoms with Gasteiger partial charge in [-0.1, -0.05) is 46.3 Å². The molecule has 0 spiro atoms. The molecule has 3 aromatic carbocycles. The highest BCUT2D eigenvalue weighted by Gasteiger charge is 2.24. The van der Waals surface area contributed by atoms with E-state index in [1.54, 1.807) is 0 Å². The maximum Gasteiger partial charge on any atom is 0.264 e. The molecule has 4 nitrogen and oxygen atoms in total. The predicted octanol–water partition coefficient (Wildman–Crippen LogP) is 7.44. The van der Waals surface area contributed by atoms with E-state index in [0.29, 0.717) is 22.4 Å². The van der Waals surface area contributed by atoms with Crippen molar-refractivity contribution < 1.29 is 9.53 Å². The zero-order chi connectivity index (χ0) is 21.8. The molecule has 1 amide bonds. The van der Waals surface area contributed by atoms with Gasteiger partial charge >= 0.3 is 0 Å². The van der Waals surface area contributed by atoms with E-state index in [0.717, 1.165) is 30.2 Å². The lowest BCUT2D eigenvalue weighted by Gasteiger charge is -2.11. The number of nitrogens with zero attached hydrogens (tertiary/aromatic N) is 1. The molecule has 1 aliphatic rings. The molecule has 1 heterocycles. The normalized spacial score (nSPS) is 16.0. The van der Waals surface area contributed by atoms with Crippen LogP contribution >= 0.6 is 59.6 Å². The third kappa shape index (κ3) is 5.88. The number of halogens is 3. The summed E-state index contributed by atoms with van der Waals surface area (Å²) in [7, 11) is 0. The molecule has 0 saturated carbocycles. The van der Waals surface area contributed by atoms with Crippen LogP contribution in [0.1, 0.15) is 11.1 Å². The molecule has 1 fully saturated rings. The number of carbonyl (C=O) groups is 1. The highest BCUT2D eigenvalue weighted by atomic mass is 79.9. The summed E-state index contributed by atoms with van der Waals surface area (Å²) in [4.78, 5) is 17.5. The smallest absolute Gasteiger partial charge is 0.264 e. The van der Waals surface area contributed by atoms with Crippen LogP contribution in [-0.2, 0) is 11.4 Å². The second-order valence-corrected chi connectivity index (χ2v) is 10.2. The minimum atomic E-state index is -0.169. The fourth-order valence-electron chi connectivity index (χ4n) is 2.80. The van der Waals surface area contributed by atoms with Crippen LogP contribution in [0.2, 0.25) is 0 Å². The maximum atomic E-state index is 12.4. The Morgan fingerprint density at radius 2 is 1.65 bits per heavy atom. The first-order valence-electron chi connectivity index (χ1n) is 9.19. The Kier molecular flexibility index (Phi) is 7.32. The minimum absolute atomic E-state index is 0.169. The molecule has 8 heteroatoms. The van der Waals surface area contributed by atoms with E-state index in [2.05, 4.69) is 58.1 Å². The van der Waals surface area contributed by atoms with E-state index >= 15 is 0 Å². The molecule has 0 aliphatic carbocycles. The van der Waals surface area contributed by atoms with Gasteiger partial charge in [0.15, 0.2) is 5.17 Å². The Balaban J connectivity index is 1.50. The topological polar surface area (TPSA) is 50.7 Å². The van der Waals surface area contributed by atoms with Crippen molar-refractivity contribution in [1.82, 2.24) is 5.32 Å². The number of nitrogens with one attached hydrogen (secondary N) is 1. The van der Waals surface area contributed by atoms with Crippen LogP contribution in [0.5, 0.6) is 5.75 Å². The van der Waals surface area contributed by atoms with E-state index < -0.39 is 0 Å². The lowest BCUT2D eigenvalue weighted by atomic mass is 10.2. The van der Waals surface area contributed by atoms with Gasteiger partial charge in [-0.25, -0.2) is 4.99 Å². The Morgan fingerprint density at radius 1 is 0.968 bits per heavy atom. The first-order chi connectivity index (χ1) is 15.0. The number of benzene rings is 3. The number of hydrogen-bond donors (Lipinski definition) is 1. The Morgan fingerprint density at radius 3 is 2.32 bits per heavy atom. The molecule has 31 heavy (non-hydrogen) atoms. The third-order valence-electron chi connectivity index (χ3n) is 4.25. The molecular weight excluding hydrogens is 608 g/mol. The fraction of sp³-hybridized carbons (Fsp3) is 0.0435. The van der Waals surface area contributed by atoms with Crippen molar-refractivity contribution in [3.05, 3.63) is 96.2 Å². The van der Waals surface area contributed by atoms with Crippen LogP contribution in [0, 0.1) is 0 Å². The predicted molar refractivity (Wildman–Crippen MR) is 138 cm³/mol. The van der Waals surface area contributed by atoms with Gasteiger partial charge in [0.1, 0.15) is 12.4 Å². The SMILES string of the molecule is O=C1NC(=Nc2ccc(Br)cc2)S/C1=C/c1cc(Br)c(OCc2ccccc2)c(Br)c1. The average molecular weight is 623 g/mol. The van der Waals surface area contributed by atoms with Gasteiger partial charge in [0, 0.05) is 4.47 Å². The second kappa shape index (κ2) is 10.2. The second-order valence-electron chi connectivity index (χ2n) is 6.55. The summed E-state index contributed by atoms with van der Waals surface area (Å²) >= 11 is 11.9. The van der Waals surface area contributed by atoms with Crippen LogP contribution in [-0.4, -0.2) is 11.1 Å². The van der Waals surface area contributed by atoms with Crippen molar-refractivity contribution >= 4 is 82.4 Å². The number of amides is 1. The van der Waals surface area contributed by atoms with Crippen molar-refractivity contribution in [3.8, 4) is 5.75 Å². The van der Waals surface area contributed by atoms with E-state index in [4.69, 9.17) is 4.74 Å².